The summed E-state index contributed by atoms with van der Waals surface area (Å²) in [5.41, 5.74) is 10.5. The molecule has 0 unspecified atom stereocenters. The van der Waals surface area contributed by atoms with Gasteiger partial charge in [-0.3, -0.25) is 4.57 Å². The van der Waals surface area contributed by atoms with E-state index in [1.807, 2.05) is 10.6 Å². The maximum Gasteiger partial charge on any atom is 0.191 e. The quantitative estimate of drug-likeness (QED) is 0.348. The van der Waals surface area contributed by atoms with Gasteiger partial charge in [-0.25, -0.2) is 4.98 Å². The third kappa shape index (κ3) is 1.33. The Morgan fingerprint density at radius 2 is 2.30 bits per heavy atom. The summed E-state index contributed by atoms with van der Waals surface area (Å²) in [6.45, 7) is 0.872. The van der Waals surface area contributed by atoms with Crippen LogP contribution in [0.3, 0.4) is 0 Å². The molecule has 2 aliphatic heterocycles. The second-order valence-corrected chi connectivity index (χ2v) is 4.88. The van der Waals surface area contributed by atoms with E-state index < -0.39 is 0 Å². The van der Waals surface area contributed by atoms with Crippen LogP contribution in [0.15, 0.2) is 47.6 Å². The first-order valence-corrected chi connectivity index (χ1v) is 6.40. The average molecular weight is 267 g/mol. The van der Waals surface area contributed by atoms with Gasteiger partial charge >= 0.3 is 0 Å². The lowest BCUT2D eigenvalue weighted by molar-refractivity contribution is 0.318. The van der Waals surface area contributed by atoms with E-state index in [1.165, 1.54) is 5.57 Å². The van der Waals surface area contributed by atoms with Crippen molar-refractivity contribution in [3.8, 4) is 0 Å². The number of fused-ring (bicyclic) bond motifs is 5. The van der Waals surface area contributed by atoms with Gasteiger partial charge in [-0.1, -0.05) is 17.3 Å². The van der Waals surface area contributed by atoms with Crippen LogP contribution >= 0.6 is 0 Å². The zero-order valence-corrected chi connectivity index (χ0v) is 10.7. The lowest BCUT2D eigenvalue weighted by Gasteiger charge is -2.29. The molecule has 3 heterocycles. The maximum absolute atomic E-state index is 8.92. The SMILES string of the molecule is NC(=NO)c1ncn2c1C1=CCN1C=C1CC=CC=C12. The number of oxime groups is 1. The summed E-state index contributed by atoms with van der Waals surface area (Å²) in [6.07, 6.45) is 13.1. The van der Waals surface area contributed by atoms with Crippen LogP contribution in [0.4, 0.5) is 0 Å². The highest BCUT2D eigenvalue weighted by Crippen LogP contribution is 2.38. The van der Waals surface area contributed by atoms with E-state index in [9.17, 15) is 0 Å². The van der Waals surface area contributed by atoms with Crippen molar-refractivity contribution < 1.29 is 5.21 Å². The highest BCUT2D eigenvalue weighted by molar-refractivity contribution is 6.00. The van der Waals surface area contributed by atoms with Crippen LogP contribution in [0.5, 0.6) is 0 Å². The average Bonchev–Trinajstić information content (AvgIpc) is 2.84. The van der Waals surface area contributed by atoms with Gasteiger partial charge in [0.05, 0.1) is 11.4 Å². The molecule has 6 nitrogen and oxygen atoms in total. The Morgan fingerprint density at radius 1 is 1.40 bits per heavy atom. The third-order valence-electron chi connectivity index (χ3n) is 3.78. The van der Waals surface area contributed by atoms with Gasteiger partial charge < -0.3 is 15.8 Å². The molecule has 6 heteroatoms. The normalized spacial score (nSPS) is 19.9. The number of hydrogen-bond acceptors (Lipinski definition) is 4. The molecule has 1 aromatic rings. The van der Waals surface area contributed by atoms with E-state index in [-0.39, 0.29) is 5.84 Å². The van der Waals surface area contributed by atoms with Gasteiger partial charge in [-0.05, 0) is 24.1 Å². The Hall–Kier alpha value is -2.76. The van der Waals surface area contributed by atoms with Crippen molar-refractivity contribution in [2.75, 3.05) is 6.54 Å². The van der Waals surface area contributed by atoms with Crippen molar-refractivity contribution >= 4 is 17.2 Å². The Bertz CT molecular complexity index is 748. The lowest BCUT2D eigenvalue weighted by atomic mass is 10.0. The fraction of sp³-hybridized carbons (Fsp3) is 0.143. The van der Waals surface area contributed by atoms with Gasteiger partial charge in [0.15, 0.2) is 5.84 Å². The standard InChI is InChI=1S/C14H13N5O/c15-14(17-20)12-13-11-5-6-18(11)7-9-3-1-2-4-10(9)19(13)8-16-12/h1-2,4-5,7-8,20H,3,6H2,(H2,15,17). The van der Waals surface area contributed by atoms with Crippen LogP contribution in [0.25, 0.3) is 11.4 Å². The number of allylic oxidation sites excluding steroid dienone is 5. The van der Waals surface area contributed by atoms with E-state index in [2.05, 4.69) is 39.5 Å². The number of imidazole rings is 1. The largest absolute Gasteiger partial charge is 0.409 e. The number of aromatic nitrogens is 2. The molecule has 100 valence electrons. The number of rotatable bonds is 1. The fourth-order valence-electron chi connectivity index (χ4n) is 2.76. The van der Waals surface area contributed by atoms with E-state index in [0.29, 0.717) is 5.69 Å². The first-order valence-electron chi connectivity index (χ1n) is 6.40. The Kier molecular flexibility index (Phi) is 2.14. The number of nitrogens with two attached hydrogens (primary N) is 1. The molecule has 0 amide bonds. The van der Waals surface area contributed by atoms with E-state index in [4.69, 9.17) is 10.9 Å². The summed E-state index contributed by atoms with van der Waals surface area (Å²) >= 11 is 0. The van der Waals surface area contributed by atoms with Crippen LogP contribution in [0, 0.1) is 0 Å². The summed E-state index contributed by atoms with van der Waals surface area (Å²) in [4.78, 5) is 6.47. The van der Waals surface area contributed by atoms with Gasteiger partial charge in [0, 0.05) is 12.7 Å². The molecule has 1 aliphatic carbocycles. The predicted octanol–water partition coefficient (Wildman–Crippen LogP) is 1.33. The van der Waals surface area contributed by atoms with Gasteiger partial charge in [-0.2, -0.15) is 0 Å². The molecule has 1 aromatic heterocycles. The minimum absolute atomic E-state index is 0.0295. The third-order valence-corrected chi connectivity index (χ3v) is 3.78. The summed E-state index contributed by atoms with van der Waals surface area (Å²) < 4.78 is 2.01. The van der Waals surface area contributed by atoms with Crippen molar-refractivity contribution in [1.82, 2.24) is 14.5 Å². The minimum atomic E-state index is 0.0295. The Labute approximate surface area is 115 Å². The smallest absolute Gasteiger partial charge is 0.191 e. The summed E-state index contributed by atoms with van der Waals surface area (Å²) in [5, 5.41) is 12.0. The van der Waals surface area contributed by atoms with Crippen LogP contribution in [0.2, 0.25) is 0 Å². The van der Waals surface area contributed by atoms with Crippen LogP contribution in [-0.2, 0) is 0 Å². The first-order chi connectivity index (χ1) is 9.79. The van der Waals surface area contributed by atoms with Gasteiger partial charge in [0.1, 0.15) is 17.7 Å². The first kappa shape index (κ1) is 11.1. The molecule has 0 bridgehead atoms. The van der Waals surface area contributed by atoms with E-state index in [1.54, 1.807) is 6.33 Å². The van der Waals surface area contributed by atoms with Crippen molar-refractivity contribution in [2.24, 2.45) is 10.9 Å². The van der Waals surface area contributed by atoms with Crippen molar-refractivity contribution in [3.63, 3.8) is 0 Å². The number of hydrogen-bond donors (Lipinski definition) is 2. The minimum Gasteiger partial charge on any atom is -0.409 e. The summed E-state index contributed by atoms with van der Waals surface area (Å²) in [6, 6.07) is 0. The monoisotopic (exact) mass is 267 g/mol. The lowest BCUT2D eigenvalue weighted by Crippen LogP contribution is -2.27. The Balaban J connectivity index is 2.00. The van der Waals surface area contributed by atoms with Crippen molar-refractivity contribution in [2.45, 2.75) is 6.42 Å². The molecular weight excluding hydrogens is 254 g/mol. The molecule has 3 N–H and O–H groups in total. The molecule has 0 saturated carbocycles. The highest BCUT2D eigenvalue weighted by Gasteiger charge is 2.31. The molecule has 0 spiro atoms. The summed E-state index contributed by atoms with van der Waals surface area (Å²) in [5.74, 6) is 0.0295. The zero-order chi connectivity index (χ0) is 13.7. The Morgan fingerprint density at radius 3 is 3.05 bits per heavy atom. The number of amidine groups is 1. The molecule has 20 heavy (non-hydrogen) atoms. The van der Waals surface area contributed by atoms with Crippen molar-refractivity contribution in [3.05, 3.63) is 53.8 Å². The molecule has 0 radical (unpaired) electrons. The van der Waals surface area contributed by atoms with Gasteiger partial charge in [0.2, 0.25) is 0 Å². The molecule has 0 atom stereocenters. The van der Waals surface area contributed by atoms with Crippen LogP contribution < -0.4 is 5.73 Å². The molecule has 0 fully saturated rings. The van der Waals surface area contributed by atoms with Crippen molar-refractivity contribution in [1.29, 1.82) is 0 Å². The maximum atomic E-state index is 8.92. The van der Waals surface area contributed by atoms with Gasteiger partial charge in [0.25, 0.3) is 0 Å². The van der Waals surface area contributed by atoms with Gasteiger partial charge in [-0.15, -0.1) is 0 Å². The van der Waals surface area contributed by atoms with Crippen LogP contribution in [-0.4, -0.2) is 32.0 Å². The highest BCUT2D eigenvalue weighted by atomic mass is 16.4. The zero-order valence-electron chi connectivity index (χ0n) is 10.7. The molecule has 3 aliphatic rings. The predicted molar refractivity (Wildman–Crippen MR) is 75.5 cm³/mol. The second-order valence-electron chi connectivity index (χ2n) is 4.88. The second kappa shape index (κ2) is 3.86. The molecule has 0 saturated heterocycles. The molecule has 0 aromatic carbocycles. The van der Waals surface area contributed by atoms with E-state index in [0.717, 1.165) is 30.1 Å². The van der Waals surface area contributed by atoms with Crippen LogP contribution in [0.1, 0.15) is 17.8 Å². The fourth-order valence-corrected chi connectivity index (χ4v) is 2.76. The summed E-state index contributed by atoms with van der Waals surface area (Å²) in [7, 11) is 0. The molecular formula is C14H13N5O. The van der Waals surface area contributed by atoms with E-state index >= 15 is 0 Å². The molecule has 4 rings (SSSR count). The number of nitrogens with zero attached hydrogens (tertiary/aromatic N) is 4. The topological polar surface area (TPSA) is 79.7 Å².